The van der Waals surface area contributed by atoms with E-state index in [0.29, 0.717) is 16.7 Å². The third-order valence-electron chi connectivity index (χ3n) is 9.60. The molecule has 9 aromatic rings. The lowest BCUT2D eigenvalue weighted by Crippen LogP contribution is -1.98. The molecule has 0 aliphatic rings. The second kappa shape index (κ2) is 11.4. The van der Waals surface area contributed by atoms with E-state index in [-0.39, 0.29) is 0 Å². The van der Waals surface area contributed by atoms with E-state index in [4.69, 9.17) is 0 Å². The fraction of sp³-hybridized carbons (Fsp3) is 0. The molecule has 5 nitrogen and oxygen atoms in total. The summed E-state index contributed by atoms with van der Waals surface area (Å²) in [5.41, 5.74) is 11.8. The van der Waals surface area contributed by atoms with Crippen molar-refractivity contribution in [2.24, 2.45) is 0 Å². The van der Waals surface area contributed by atoms with Crippen LogP contribution in [0.1, 0.15) is 16.7 Å². The summed E-state index contributed by atoms with van der Waals surface area (Å²) in [6.07, 6.45) is 0. The van der Waals surface area contributed by atoms with Gasteiger partial charge in [-0.2, -0.15) is 15.8 Å². The lowest BCUT2D eigenvalue weighted by Gasteiger charge is -2.15. The van der Waals surface area contributed by atoms with E-state index < -0.39 is 0 Å². The molecular weight excluding hydrogens is 611 g/mol. The largest absolute Gasteiger partial charge is 0.309 e. The zero-order valence-corrected chi connectivity index (χ0v) is 26.7. The Hall–Kier alpha value is -7.39. The highest BCUT2D eigenvalue weighted by atomic mass is 15.0. The Morgan fingerprint density at radius 3 is 1.66 bits per heavy atom. The SMILES string of the molecule is N#Cc1ccc(-n2c3ccc(C#N)cc3c3ccc(C#N)cc32)c(-c2ccc(-c3cccc(-n4c5ccccc5c5ccccc54)c3)cc2)c1. The normalized spacial score (nSPS) is 11.1. The van der Waals surface area contributed by atoms with Crippen molar-refractivity contribution in [3.8, 4) is 51.8 Å². The number of hydrogen-bond acceptors (Lipinski definition) is 3. The minimum absolute atomic E-state index is 0.546. The van der Waals surface area contributed by atoms with Crippen LogP contribution in [0.3, 0.4) is 0 Å². The van der Waals surface area contributed by atoms with Gasteiger partial charge in [-0.25, -0.2) is 0 Å². The summed E-state index contributed by atoms with van der Waals surface area (Å²) in [5.74, 6) is 0. The molecule has 0 aliphatic carbocycles. The fourth-order valence-corrected chi connectivity index (χ4v) is 7.32. The first-order chi connectivity index (χ1) is 24.6. The van der Waals surface area contributed by atoms with Crippen molar-refractivity contribution >= 4 is 43.6 Å². The highest BCUT2D eigenvalue weighted by Crippen LogP contribution is 2.38. The molecule has 0 aliphatic heterocycles. The third-order valence-corrected chi connectivity index (χ3v) is 9.60. The minimum atomic E-state index is 0.546. The Kier molecular flexibility index (Phi) is 6.56. The van der Waals surface area contributed by atoms with Gasteiger partial charge in [0.1, 0.15) is 0 Å². The van der Waals surface area contributed by atoms with Crippen LogP contribution in [-0.2, 0) is 0 Å². The Balaban J connectivity index is 1.18. The van der Waals surface area contributed by atoms with Gasteiger partial charge in [0.05, 0.1) is 62.7 Å². The van der Waals surface area contributed by atoms with Gasteiger partial charge < -0.3 is 9.13 Å². The van der Waals surface area contributed by atoms with E-state index in [1.807, 2.05) is 48.5 Å². The Morgan fingerprint density at radius 1 is 0.360 bits per heavy atom. The average Bonchev–Trinajstić information content (AvgIpc) is 3.69. The summed E-state index contributed by atoms with van der Waals surface area (Å²) in [7, 11) is 0. The molecule has 230 valence electrons. The molecule has 5 heteroatoms. The zero-order valence-electron chi connectivity index (χ0n) is 26.7. The van der Waals surface area contributed by atoms with Gasteiger partial charge in [-0.1, -0.05) is 78.9 Å². The molecule has 9 rings (SSSR count). The van der Waals surface area contributed by atoms with E-state index in [0.717, 1.165) is 55.4 Å². The third kappa shape index (κ3) is 4.45. The second-order valence-electron chi connectivity index (χ2n) is 12.4. The van der Waals surface area contributed by atoms with E-state index >= 15 is 0 Å². The zero-order chi connectivity index (χ0) is 33.8. The molecule has 7 aromatic carbocycles. The Labute approximate surface area is 287 Å². The van der Waals surface area contributed by atoms with Crippen LogP contribution in [0.5, 0.6) is 0 Å². The van der Waals surface area contributed by atoms with Crippen molar-refractivity contribution < 1.29 is 0 Å². The van der Waals surface area contributed by atoms with Crippen LogP contribution in [0, 0.1) is 34.0 Å². The molecule has 0 atom stereocenters. The number of nitriles is 3. The molecule has 0 amide bonds. The smallest absolute Gasteiger partial charge is 0.0992 e. The molecule has 0 saturated carbocycles. The summed E-state index contributed by atoms with van der Waals surface area (Å²) in [5, 5.41) is 33.6. The number of benzene rings is 7. The lowest BCUT2D eigenvalue weighted by atomic mass is 9.97. The summed E-state index contributed by atoms with van der Waals surface area (Å²) in [6.45, 7) is 0. The molecule has 0 radical (unpaired) electrons. The average molecular weight is 636 g/mol. The van der Waals surface area contributed by atoms with Gasteiger partial charge in [0.25, 0.3) is 0 Å². The van der Waals surface area contributed by atoms with Gasteiger partial charge in [-0.15, -0.1) is 0 Å². The van der Waals surface area contributed by atoms with E-state index in [1.165, 1.54) is 21.8 Å². The van der Waals surface area contributed by atoms with Gasteiger partial charge in [0.15, 0.2) is 0 Å². The Morgan fingerprint density at radius 2 is 0.940 bits per heavy atom. The fourth-order valence-electron chi connectivity index (χ4n) is 7.32. The standard InChI is InChI=1S/C45H25N5/c46-26-29-13-20-43(50-44-21-14-30(27-47)23-40(44)38-19-12-31(28-48)24-45(38)50)39(22-29)33-17-15-32(16-18-33)34-6-5-7-35(25-34)49-41-10-3-1-8-36(41)37-9-2-4-11-42(37)49/h1-25H. The predicted molar refractivity (Wildman–Crippen MR) is 200 cm³/mol. The first-order valence-electron chi connectivity index (χ1n) is 16.3. The maximum absolute atomic E-state index is 9.90. The van der Waals surface area contributed by atoms with Gasteiger partial charge >= 0.3 is 0 Å². The van der Waals surface area contributed by atoms with Crippen molar-refractivity contribution in [3.05, 3.63) is 168 Å². The van der Waals surface area contributed by atoms with Gasteiger partial charge in [0.2, 0.25) is 0 Å². The highest BCUT2D eigenvalue weighted by molar-refractivity contribution is 6.11. The number of aromatic nitrogens is 2. The highest BCUT2D eigenvalue weighted by Gasteiger charge is 2.18. The topological polar surface area (TPSA) is 81.2 Å². The monoisotopic (exact) mass is 635 g/mol. The number of nitrogens with zero attached hydrogens (tertiary/aromatic N) is 5. The van der Waals surface area contributed by atoms with Crippen molar-refractivity contribution in [3.63, 3.8) is 0 Å². The van der Waals surface area contributed by atoms with Crippen molar-refractivity contribution in [2.75, 3.05) is 0 Å². The van der Waals surface area contributed by atoms with Gasteiger partial charge in [0, 0.05) is 32.8 Å². The molecule has 0 N–H and O–H groups in total. The number of para-hydroxylation sites is 2. The van der Waals surface area contributed by atoms with Gasteiger partial charge in [-0.05, 0) is 89.5 Å². The molecule has 50 heavy (non-hydrogen) atoms. The van der Waals surface area contributed by atoms with Crippen LogP contribution in [0.25, 0.3) is 77.2 Å². The molecule has 0 spiro atoms. The number of rotatable bonds is 4. The maximum atomic E-state index is 9.90. The molecule has 2 aromatic heterocycles. The minimum Gasteiger partial charge on any atom is -0.309 e. The summed E-state index contributed by atoms with van der Waals surface area (Å²) in [6, 6.07) is 58.0. The predicted octanol–water partition coefficient (Wildman–Crippen LogP) is 10.8. The first kappa shape index (κ1) is 28.8. The molecule has 0 bridgehead atoms. The van der Waals surface area contributed by atoms with Crippen molar-refractivity contribution in [1.29, 1.82) is 15.8 Å². The van der Waals surface area contributed by atoms with Crippen LogP contribution in [0.4, 0.5) is 0 Å². The quantitative estimate of drug-likeness (QED) is 0.193. The number of hydrogen-bond donors (Lipinski definition) is 0. The van der Waals surface area contributed by atoms with E-state index in [1.54, 1.807) is 6.07 Å². The van der Waals surface area contributed by atoms with Gasteiger partial charge in [-0.3, -0.25) is 0 Å². The van der Waals surface area contributed by atoms with Crippen LogP contribution >= 0.6 is 0 Å². The molecule has 0 fully saturated rings. The van der Waals surface area contributed by atoms with Crippen LogP contribution in [0.2, 0.25) is 0 Å². The van der Waals surface area contributed by atoms with Crippen LogP contribution in [0.15, 0.2) is 152 Å². The second-order valence-corrected chi connectivity index (χ2v) is 12.4. The summed E-state index contributed by atoms with van der Waals surface area (Å²) < 4.78 is 4.46. The molecule has 0 saturated heterocycles. The summed E-state index contributed by atoms with van der Waals surface area (Å²) >= 11 is 0. The van der Waals surface area contributed by atoms with E-state index in [9.17, 15) is 15.8 Å². The van der Waals surface area contributed by atoms with Crippen molar-refractivity contribution in [1.82, 2.24) is 9.13 Å². The molecule has 0 unspecified atom stereocenters. The molecule has 2 heterocycles. The maximum Gasteiger partial charge on any atom is 0.0992 e. The summed E-state index contributed by atoms with van der Waals surface area (Å²) in [4.78, 5) is 0. The van der Waals surface area contributed by atoms with E-state index in [2.05, 4.69) is 124 Å². The van der Waals surface area contributed by atoms with Crippen LogP contribution < -0.4 is 0 Å². The lowest BCUT2D eigenvalue weighted by molar-refractivity contribution is 1.18. The van der Waals surface area contributed by atoms with Crippen LogP contribution in [-0.4, -0.2) is 9.13 Å². The Bertz CT molecular complexity index is 2900. The first-order valence-corrected chi connectivity index (χ1v) is 16.3. The van der Waals surface area contributed by atoms with Crippen molar-refractivity contribution in [2.45, 2.75) is 0 Å². The molecular formula is C45H25N5. The number of fused-ring (bicyclic) bond motifs is 6.